The normalized spacial score (nSPS) is 11.3. The van der Waals surface area contributed by atoms with Gasteiger partial charge in [-0.1, -0.05) is 17.7 Å². The lowest BCUT2D eigenvalue weighted by atomic mass is 10.2. The highest BCUT2D eigenvalue weighted by Gasteiger charge is 2.15. The largest absolute Gasteiger partial charge is 0.433 e. The van der Waals surface area contributed by atoms with Crippen LogP contribution in [0.15, 0.2) is 18.2 Å². The topological polar surface area (TPSA) is 27.1 Å². The number of hydrogen-bond donors (Lipinski definition) is 0. The second kappa shape index (κ2) is 4.25. The van der Waals surface area contributed by atoms with Crippen LogP contribution in [-0.4, -0.2) is 16.4 Å². The Morgan fingerprint density at radius 1 is 1.50 bits per heavy atom. The van der Waals surface area contributed by atoms with E-state index >= 15 is 0 Å². The van der Waals surface area contributed by atoms with Gasteiger partial charge in [0.2, 0.25) is 0 Å². The zero-order valence-corrected chi connectivity index (χ0v) is 9.21. The average Bonchev–Trinajstić information content (AvgIpc) is 2.56. The number of fused-ring (bicyclic) bond motifs is 1. The van der Waals surface area contributed by atoms with Gasteiger partial charge in [0.15, 0.2) is 10.9 Å². The first-order valence-electron chi connectivity index (χ1n) is 4.73. The van der Waals surface area contributed by atoms with E-state index in [2.05, 4.69) is 9.84 Å². The van der Waals surface area contributed by atoms with Crippen molar-refractivity contribution in [2.24, 2.45) is 0 Å². The predicted octanol–water partition coefficient (Wildman–Crippen LogP) is 3.31. The van der Waals surface area contributed by atoms with Crippen molar-refractivity contribution < 1.29 is 13.5 Å². The van der Waals surface area contributed by atoms with Gasteiger partial charge in [-0.3, -0.25) is 4.68 Å². The summed E-state index contributed by atoms with van der Waals surface area (Å²) in [5.41, 5.74) is 0.496. The number of para-hydroxylation sites is 1. The van der Waals surface area contributed by atoms with Crippen molar-refractivity contribution in [3.63, 3.8) is 0 Å². The molecule has 3 nitrogen and oxygen atoms in total. The van der Waals surface area contributed by atoms with Crippen LogP contribution < -0.4 is 4.74 Å². The maximum atomic E-state index is 12.2. The first-order valence-corrected chi connectivity index (χ1v) is 5.11. The van der Waals surface area contributed by atoms with Gasteiger partial charge in [0.1, 0.15) is 5.52 Å². The van der Waals surface area contributed by atoms with E-state index in [-0.39, 0.29) is 10.9 Å². The molecule has 0 atom stereocenters. The number of rotatable bonds is 3. The van der Waals surface area contributed by atoms with Crippen molar-refractivity contribution in [1.29, 1.82) is 0 Å². The number of hydrogen-bond acceptors (Lipinski definition) is 2. The summed E-state index contributed by atoms with van der Waals surface area (Å²) < 4.78 is 30.4. The van der Waals surface area contributed by atoms with Crippen molar-refractivity contribution in [1.82, 2.24) is 9.78 Å². The Balaban J connectivity index is 2.64. The van der Waals surface area contributed by atoms with Crippen LogP contribution in [0.25, 0.3) is 10.9 Å². The highest BCUT2D eigenvalue weighted by atomic mass is 35.5. The number of halogens is 3. The van der Waals surface area contributed by atoms with Crippen LogP contribution in [0, 0.1) is 0 Å². The number of aromatic nitrogens is 2. The molecule has 1 heterocycles. The standard InChI is InChI=1S/C10H9ClF2N2O/c1-2-15-8-6(9(11)14-15)4-3-5-7(8)16-10(12)13/h3-5,10H,2H2,1H3. The molecule has 0 fully saturated rings. The smallest absolute Gasteiger partial charge is 0.387 e. The molecule has 0 saturated carbocycles. The first kappa shape index (κ1) is 11.1. The summed E-state index contributed by atoms with van der Waals surface area (Å²) in [5.74, 6) is 0.0914. The number of benzene rings is 1. The third kappa shape index (κ3) is 1.82. The second-order valence-electron chi connectivity index (χ2n) is 3.14. The fourth-order valence-electron chi connectivity index (χ4n) is 1.58. The van der Waals surface area contributed by atoms with E-state index in [1.165, 1.54) is 10.7 Å². The molecule has 0 unspecified atom stereocenters. The minimum Gasteiger partial charge on any atom is -0.433 e. The van der Waals surface area contributed by atoms with Crippen LogP contribution in [0.3, 0.4) is 0 Å². The highest BCUT2D eigenvalue weighted by Crippen LogP contribution is 2.31. The van der Waals surface area contributed by atoms with E-state index in [0.29, 0.717) is 17.4 Å². The maximum Gasteiger partial charge on any atom is 0.387 e. The van der Waals surface area contributed by atoms with Gasteiger partial charge < -0.3 is 4.74 Å². The molecule has 0 amide bonds. The molecule has 2 aromatic rings. The van der Waals surface area contributed by atoms with Crippen LogP contribution in [0.1, 0.15) is 6.92 Å². The third-order valence-electron chi connectivity index (χ3n) is 2.20. The summed E-state index contributed by atoms with van der Waals surface area (Å²) in [6, 6.07) is 4.79. The van der Waals surface area contributed by atoms with Crippen molar-refractivity contribution >= 4 is 22.5 Å². The molecule has 16 heavy (non-hydrogen) atoms. The predicted molar refractivity (Wildman–Crippen MR) is 57.0 cm³/mol. The zero-order valence-electron chi connectivity index (χ0n) is 8.45. The Morgan fingerprint density at radius 2 is 2.25 bits per heavy atom. The maximum absolute atomic E-state index is 12.2. The zero-order chi connectivity index (χ0) is 11.7. The molecule has 0 N–H and O–H groups in total. The third-order valence-corrected chi connectivity index (χ3v) is 2.48. The summed E-state index contributed by atoms with van der Waals surface area (Å²) in [6.45, 7) is -0.473. The molecular formula is C10H9ClF2N2O. The van der Waals surface area contributed by atoms with Gasteiger partial charge in [0.25, 0.3) is 0 Å². The van der Waals surface area contributed by atoms with Crippen LogP contribution in [0.2, 0.25) is 5.15 Å². The molecular weight excluding hydrogens is 238 g/mol. The lowest BCUT2D eigenvalue weighted by Gasteiger charge is -2.07. The van der Waals surface area contributed by atoms with E-state index < -0.39 is 6.61 Å². The molecule has 0 saturated heterocycles. The number of aryl methyl sites for hydroxylation is 1. The highest BCUT2D eigenvalue weighted by molar-refractivity contribution is 6.34. The van der Waals surface area contributed by atoms with Gasteiger partial charge in [-0.25, -0.2) is 0 Å². The average molecular weight is 247 g/mol. The van der Waals surface area contributed by atoms with E-state index in [0.717, 1.165) is 0 Å². The molecule has 0 aliphatic carbocycles. The van der Waals surface area contributed by atoms with E-state index in [1.807, 2.05) is 6.92 Å². The van der Waals surface area contributed by atoms with Crippen molar-refractivity contribution in [3.8, 4) is 5.75 Å². The number of nitrogens with zero attached hydrogens (tertiary/aromatic N) is 2. The Labute approximate surface area is 95.6 Å². The van der Waals surface area contributed by atoms with Gasteiger partial charge in [-0.15, -0.1) is 0 Å². The van der Waals surface area contributed by atoms with Crippen molar-refractivity contribution in [3.05, 3.63) is 23.4 Å². The van der Waals surface area contributed by atoms with Gasteiger partial charge in [0.05, 0.1) is 0 Å². The van der Waals surface area contributed by atoms with Gasteiger partial charge >= 0.3 is 6.61 Å². The van der Waals surface area contributed by atoms with Crippen molar-refractivity contribution in [2.45, 2.75) is 20.1 Å². The Hall–Kier alpha value is -1.36. The fourth-order valence-corrected chi connectivity index (χ4v) is 1.83. The second-order valence-corrected chi connectivity index (χ2v) is 3.50. The molecule has 0 aliphatic rings. The summed E-state index contributed by atoms with van der Waals surface area (Å²) in [4.78, 5) is 0. The first-order chi connectivity index (χ1) is 7.63. The van der Waals surface area contributed by atoms with Crippen LogP contribution >= 0.6 is 11.6 Å². The quantitative estimate of drug-likeness (QED) is 0.831. The van der Waals surface area contributed by atoms with E-state index in [1.54, 1.807) is 12.1 Å². The summed E-state index contributed by atoms with van der Waals surface area (Å²) in [5, 5.41) is 4.93. The molecule has 0 aliphatic heterocycles. The number of ether oxygens (including phenoxy) is 1. The lowest BCUT2D eigenvalue weighted by molar-refractivity contribution is -0.0490. The molecule has 1 aromatic heterocycles. The Morgan fingerprint density at radius 3 is 2.88 bits per heavy atom. The van der Waals surface area contributed by atoms with Crippen LogP contribution in [0.4, 0.5) is 8.78 Å². The van der Waals surface area contributed by atoms with Crippen LogP contribution in [0.5, 0.6) is 5.75 Å². The molecule has 0 bridgehead atoms. The summed E-state index contributed by atoms with van der Waals surface area (Å²) >= 11 is 5.89. The molecule has 86 valence electrons. The fraction of sp³-hybridized carbons (Fsp3) is 0.300. The molecule has 2 rings (SSSR count). The number of alkyl halides is 2. The molecule has 0 spiro atoms. The monoisotopic (exact) mass is 246 g/mol. The van der Waals surface area contributed by atoms with E-state index in [9.17, 15) is 8.78 Å². The van der Waals surface area contributed by atoms with Crippen molar-refractivity contribution in [2.75, 3.05) is 0 Å². The van der Waals surface area contributed by atoms with E-state index in [4.69, 9.17) is 11.6 Å². The minimum atomic E-state index is -2.86. The minimum absolute atomic E-state index is 0.0914. The van der Waals surface area contributed by atoms with Crippen LogP contribution in [-0.2, 0) is 6.54 Å². The molecule has 6 heteroatoms. The lowest BCUT2D eigenvalue weighted by Crippen LogP contribution is -2.04. The Kier molecular flexibility index (Phi) is 2.96. The van der Waals surface area contributed by atoms with Gasteiger partial charge in [-0.2, -0.15) is 13.9 Å². The molecule has 0 radical (unpaired) electrons. The summed E-state index contributed by atoms with van der Waals surface area (Å²) in [7, 11) is 0. The molecule has 1 aromatic carbocycles. The van der Waals surface area contributed by atoms with Gasteiger partial charge in [0, 0.05) is 11.9 Å². The SMILES string of the molecule is CCn1nc(Cl)c2cccc(OC(F)F)c21. The Bertz CT molecular complexity index is 513. The van der Waals surface area contributed by atoms with Gasteiger partial charge in [-0.05, 0) is 19.1 Å². The summed E-state index contributed by atoms with van der Waals surface area (Å²) in [6.07, 6.45) is 0.